The van der Waals surface area contributed by atoms with E-state index in [4.69, 9.17) is 15.5 Å². The number of morpholine rings is 1. The van der Waals surface area contributed by atoms with E-state index in [9.17, 15) is 0 Å². The monoisotopic (exact) mass is 415 g/mol. The number of H-pyrrole nitrogens is 1. The van der Waals surface area contributed by atoms with E-state index in [1.165, 1.54) is 0 Å². The number of aromatic amines is 1. The Hall–Kier alpha value is -2.96. The molecule has 0 spiro atoms. The SMILES string of the molecule is CCCCC(N)c1ccnc2[nH]c3ccc(-c4ccc(N5CCOCC5)cn4)cc3c12. The Morgan fingerprint density at radius 3 is 2.77 bits per heavy atom. The summed E-state index contributed by atoms with van der Waals surface area (Å²) in [5, 5.41) is 2.29. The Balaban J connectivity index is 1.52. The standard InChI is InChI=1S/C25H29N5O/c1-2-3-4-21(26)19-9-10-27-25-24(19)20-15-17(5-7-23(20)29-25)22-8-6-18(16-28-22)30-11-13-31-14-12-30/h5-10,15-16,21H,2-4,11-14,26H2,1H3,(H,27,29). The molecule has 1 atom stereocenters. The first-order chi connectivity index (χ1) is 15.2. The molecule has 0 radical (unpaired) electrons. The van der Waals surface area contributed by atoms with Crippen molar-refractivity contribution in [3.05, 3.63) is 54.4 Å². The van der Waals surface area contributed by atoms with Gasteiger partial charge in [0.15, 0.2) is 0 Å². The number of ether oxygens (including phenoxy) is 1. The number of nitrogens with zero attached hydrogens (tertiary/aromatic N) is 3. The van der Waals surface area contributed by atoms with Gasteiger partial charge < -0.3 is 20.4 Å². The molecule has 5 rings (SSSR count). The third-order valence-corrected chi connectivity index (χ3v) is 6.21. The molecule has 1 saturated heterocycles. The quantitative estimate of drug-likeness (QED) is 0.473. The average Bonchev–Trinajstić information content (AvgIpc) is 3.21. The first-order valence-electron chi connectivity index (χ1n) is 11.2. The molecular formula is C25H29N5O. The molecular weight excluding hydrogens is 386 g/mol. The second-order valence-corrected chi connectivity index (χ2v) is 8.26. The topological polar surface area (TPSA) is 80.1 Å². The van der Waals surface area contributed by atoms with Gasteiger partial charge in [-0.3, -0.25) is 4.98 Å². The average molecular weight is 416 g/mol. The lowest BCUT2D eigenvalue weighted by molar-refractivity contribution is 0.122. The van der Waals surface area contributed by atoms with Gasteiger partial charge in [0.05, 0.1) is 30.8 Å². The molecule has 0 bridgehead atoms. The number of unbranched alkanes of at least 4 members (excludes halogenated alkanes) is 1. The van der Waals surface area contributed by atoms with Crippen LogP contribution in [0.25, 0.3) is 33.2 Å². The lowest BCUT2D eigenvalue weighted by atomic mass is 9.97. The van der Waals surface area contributed by atoms with Gasteiger partial charge in [-0.25, -0.2) is 4.98 Å². The van der Waals surface area contributed by atoms with Crippen LogP contribution in [0.1, 0.15) is 37.8 Å². The number of nitrogens with two attached hydrogens (primary N) is 1. The normalized spacial score (nSPS) is 15.6. The zero-order chi connectivity index (χ0) is 21.2. The molecule has 3 N–H and O–H groups in total. The lowest BCUT2D eigenvalue weighted by Gasteiger charge is -2.28. The van der Waals surface area contributed by atoms with Crippen LogP contribution in [0.5, 0.6) is 0 Å². The Morgan fingerprint density at radius 1 is 1.13 bits per heavy atom. The second kappa shape index (κ2) is 8.65. The van der Waals surface area contributed by atoms with Gasteiger partial charge in [-0.1, -0.05) is 25.8 Å². The van der Waals surface area contributed by atoms with Crippen molar-refractivity contribution in [1.29, 1.82) is 0 Å². The summed E-state index contributed by atoms with van der Waals surface area (Å²) in [7, 11) is 0. The van der Waals surface area contributed by atoms with E-state index in [2.05, 4.69) is 58.2 Å². The maximum atomic E-state index is 6.57. The van der Waals surface area contributed by atoms with E-state index < -0.39 is 0 Å². The van der Waals surface area contributed by atoms with Gasteiger partial charge in [0, 0.05) is 47.2 Å². The maximum absolute atomic E-state index is 6.57. The minimum absolute atomic E-state index is 0.0130. The summed E-state index contributed by atoms with van der Waals surface area (Å²) in [6.07, 6.45) is 7.07. The lowest BCUT2D eigenvalue weighted by Crippen LogP contribution is -2.36. The zero-order valence-electron chi connectivity index (χ0n) is 18.0. The van der Waals surface area contributed by atoms with Gasteiger partial charge >= 0.3 is 0 Å². The highest BCUT2D eigenvalue weighted by atomic mass is 16.5. The zero-order valence-corrected chi connectivity index (χ0v) is 18.0. The molecule has 1 aliphatic rings. The summed E-state index contributed by atoms with van der Waals surface area (Å²) in [5.74, 6) is 0. The number of anilines is 1. The molecule has 0 aliphatic carbocycles. The predicted octanol–water partition coefficient (Wildman–Crippen LogP) is 4.80. The van der Waals surface area contributed by atoms with Crippen molar-refractivity contribution in [2.45, 2.75) is 32.2 Å². The van der Waals surface area contributed by atoms with Crippen LogP contribution < -0.4 is 10.6 Å². The molecule has 3 aromatic heterocycles. The van der Waals surface area contributed by atoms with Crippen LogP contribution in [-0.2, 0) is 4.74 Å². The number of nitrogens with one attached hydrogen (secondary N) is 1. The highest BCUT2D eigenvalue weighted by molar-refractivity contribution is 6.09. The van der Waals surface area contributed by atoms with E-state index >= 15 is 0 Å². The third kappa shape index (κ3) is 3.89. The van der Waals surface area contributed by atoms with Crippen LogP contribution in [-0.4, -0.2) is 41.3 Å². The molecule has 1 aliphatic heterocycles. The van der Waals surface area contributed by atoms with Crippen LogP contribution in [0.15, 0.2) is 48.8 Å². The van der Waals surface area contributed by atoms with Gasteiger partial charge in [0.25, 0.3) is 0 Å². The molecule has 4 aromatic rings. The van der Waals surface area contributed by atoms with Crippen LogP contribution in [0.2, 0.25) is 0 Å². The molecule has 6 heteroatoms. The largest absolute Gasteiger partial charge is 0.378 e. The molecule has 0 saturated carbocycles. The number of hydrogen-bond donors (Lipinski definition) is 2. The van der Waals surface area contributed by atoms with Crippen molar-refractivity contribution in [2.75, 3.05) is 31.2 Å². The summed E-state index contributed by atoms with van der Waals surface area (Å²) in [6.45, 7) is 5.57. The third-order valence-electron chi connectivity index (χ3n) is 6.21. The fourth-order valence-corrected chi connectivity index (χ4v) is 4.46. The van der Waals surface area contributed by atoms with Crippen LogP contribution in [0, 0.1) is 0 Å². The molecule has 160 valence electrons. The molecule has 31 heavy (non-hydrogen) atoms. The smallest absolute Gasteiger partial charge is 0.138 e. The fourth-order valence-electron chi connectivity index (χ4n) is 4.46. The highest BCUT2D eigenvalue weighted by Gasteiger charge is 2.16. The number of fused-ring (bicyclic) bond motifs is 3. The Morgan fingerprint density at radius 2 is 2.00 bits per heavy atom. The van der Waals surface area contributed by atoms with E-state index in [0.29, 0.717) is 0 Å². The van der Waals surface area contributed by atoms with Crippen LogP contribution >= 0.6 is 0 Å². The highest BCUT2D eigenvalue weighted by Crippen LogP contribution is 2.34. The number of rotatable bonds is 6. The van der Waals surface area contributed by atoms with Crippen molar-refractivity contribution in [1.82, 2.24) is 15.0 Å². The van der Waals surface area contributed by atoms with Crippen molar-refractivity contribution in [2.24, 2.45) is 5.73 Å². The summed E-state index contributed by atoms with van der Waals surface area (Å²) in [6, 6.07) is 12.8. The van der Waals surface area contributed by atoms with E-state index in [1.54, 1.807) is 0 Å². The Kier molecular flexibility index (Phi) is 5.57. The molecule has 1 aromatic carbocycles. The second-order valence-electron chi connectivity index (χ2n) is 8.26. The number of pyridine rings is 2. The number of benzene rings is 1. The maximum Gasteiger partial charge on any atom is 0.138 e. The van der Waals surface area contributed by atoms with Crippen molar-refractivity contribution in [3.63, 3.8) is 0 Å². The molecule has 1 unspecified atom stereocenters. The predicted molar refractivity (Wildman–Crippen MR) is 126 cm³/mol. The summed E-state index contributed by atoms with van der Waals surface area (Å²) < 4.78 is 5.45. The Labute approximate surface area is 182 Å². The van der Waals surface area contributed by atoms with Crippen LogP contribution in [0.3, 0.4) is 0 Å². The summed E-state index contributed by atoms with van der Waals surface area (Å²) in [4.78, 5) is 15.1. The van der Waals surface area contributed by atoms with Gasteiger partial charge in [-0.2, -0.15) is 0 Å². The van der Waals surface area contributed by atoms with Crippen molar-refractivity contribution < 1.29 is 4.74 Å². The first-order valence-corrected chi connectivity index (χ1v) is 11.2. The number of hydrogen-bond acceptors (Lipinski definition) is 5. The van der Waals surface area contributed by atoms with Crippen molar-refractivity contribution in [3.8, 4) is 11.3 Å². The minimum Gasteiger partial charge on any atom is -0.378 e. The fraction of sp³-hybridized carbons (Fsp3) is 0.360. The summed E-state index contributed by atoms with van der Waals surface area (Å²) in [5.41, 5.74) is 12.9. The Bertz CT molecular complexity index is 1180. The van der Waals surface area contributed by atoms with Gasteiger partial charge in [0.1, 0.15) is 5.65 Å². The number of aromatic nitrogens is 3. The van der Waals surface area contributed by atoms with Crippen molar-refractivity contribution >= 4 is 27.6 Å². The molecule has 4 heterocycles. The van der Waals surface area contributed by atoms with Gasteiger partial charge in [0.2, 0.25) is 0 Å². The summed E-state index contributed by atoms with van der Waals surface area (Å²) >= 11 is 0. The van der Waals surface area contributed by atoms with Crippen LogP contribution in [0.4, 0.5) is 5.69 Å². The minimum atomic E-state index is 0.0130. The molecule has 0 amide bonds. The molecule has 6 nitrogen and oxygen atoms in total. The van der Waals surface area contributed by atoms with E-state index in [-0.39, 0.29) is 6.04 Å². The first kappa shape index (κ1) is 20.0. The van der Waals surface area contributed by atoms with Gasteiger partial charge in [-0.15, -0.1) is 0 Å². The van der Waals surface area contributed by atoms with E-state index in [0.717, 1.165) is 90.0 Å². The van der Waals surface area contributed by atoms with E-state index in [1.807, 2.05) is 12.4 Å². The van der Waals surface area contributed by atoms with Gasteiger partial charge in [-0.05, 0) is 42.3 Å². The molecule has 1 fully saturated rings.